The molecule has 1 aromatic carbocycles. The van der Waals surface area contributed by atoms with Crippen molar-refractivity contribution in [3.63, 3.8) is 0 Å². The number of carbonyl (C=O) groups excluding carboxylic acids is 2. The van der Waals surface area contributed by atoms with Gasteiger partial charge in [0.1, 0.15) is 6.04 Å². The fourth-order valence-corrected chi connectivity index (χ4v) is 1.80. The Morgan fingerprint density at radius 1 is 0.955 bits per heavy atom. The summed E-state index contributed by atoms with van der Waals surface area (Å²) in [7, 11) is 0. The highest BCUT2D eigenvalue weighted by Gasteiger charge is 2.61. The number of Topliss-reactive ketones (excluding diaryl/α,β-unsaturated/α-hetero) is 1. The summed E-state index contributed by atoms with van der Waals surface area (Å²) in [6.07, 6.45) is -11.4. The molecule has 0 aliphatic carbocycles. The van der Waals surface area contributed by atoms with Gasteiger partial charge in [-0.05, 0) is 19.1 Å². The highest BCUT2D eigenvalue weighted by Crippen LogP contribution is 2.41. The van der Waals surface area contributed by atoms with Crippen molar-refractivity contribution < 1.29 is 35.9 Å². The first-order valence-corrected chi connectivity index (χ1v) is 5.94. The summed E-state index contributed by atoms with van der Waals surface area (Å²) in [5.41, 5.74) is -0.156. The lowest BCUT2D eigenvalue weighted by molar-refractivity contribution is -0.288. The van der Waals surface area contributed by atoms with Crippen molar-refractivity contribution in [1.82, 2.24) is 5.32 Å². The summed E-state index contributed by atoms with van der Waals surface area (Å²) < 4.78 is 75.9. The maximum absolute atomic E-state index is 12.7. The maximum Gasteiger partial charge on any atom is 0.402 e. The lowest BCUT2D eigenvalue weighted by Gasteiger charge is -2.29. The number of hydrogen-bond acceptors (Lipinski definition) is 2. The minimum absolute atomic E-state index is 0.156. The highest BCUT2D eigenvalue weighted by atomic mass is 19.4. The lowest BCUT2D eigenvalue weighted by atomic mass is 9.94. The van der Waals surface area contributed by atoms with Crippen LogP contribution in [0.15, 0.2) is 30.3 Å². The SMILES string of the molecule is CC(=O)C(NC(=O)c1ccccc1)C(C(F)(F)F)C(F)(F)F. The molecule has 0 fully saturated rings. The highest BCUT2D eigenvalue weighted by molar-refractivity contribution is 5.97. The standard InChI is InChI=1S/C13H11F6NO2/c1-7(21)9(10(12(14,15)16)13(17,18)19)20-11(22)8-5-3-2-4-6-8/h2-6,9-10H,1H3,(H,20,22). The largest absolute Gasteiger partial charge is 0.402 e. The molecule has 1 atom stereocenters. The molecule has 0 aliphatic rings. The average molecular weight is 327 g/mol. The second-order valence-corrected chi connectivity index (χ2v) is 4.49. The zero-order valence-corrected chi connectivity index (χ0v) is 11.1. The second-order valence-electron chi connectivity index (χ2n) is 4.49. The van der Waals surface area contributed by atoms with Crippen molar-refractivity contribution in [3.05, 3.63) is 35.9 Å². The quantitative estimate of drug-likeness (QED) is 0.864. The van der Waals surface area contributed by atoms with Crippen LogP contribution in [0, 0.1) is 5.92 Å². The third-order valence-electron chi connectivity index (χ3n) is 2.80. The molecule has 0 saturated heterocycles. The number of amides is 1. The van der Waals surface area contributed by atoms with Gasteiger partial charge in [0.15, 0.2) is 11.7 Å². The zero-order chi connectivity index (χ0) is 17.1. The van der Waals surface area contributed by atoms with Crippen molar-refractivity contribution in [2.75, 3.05) is 0 Å². The van der Waals surface area contributed by atoms with Gasteiger partial charge >= 0.3 is 12.4 Å². The third kappa shape index (κ3) is 4.47. The van der Waals surface area contributed by atoms with Gasteiger partial charge in [-0.2, -0.15) is 26.3 Å². The summed E-state index contributed by atoms with van der Waals surface area (Å²) in [6, 6.07) is 3.91. The van der Waals surface area contributed by atoms with E-state index in [-0.39, 0.29) is 5.56 Å². The number of halogens is 6. The van der Waals surface area contributed by atoms with E-state index in [1.807, 2.05) is 0 Å². The molecule has 122 valence electrons. The van der Waals surface area contributed by atoms with Crippen LogP contribution in [-0.4, -0.2) is 30.1 Å². The van der Waals surface area contributed by atoms with E-state index in [2.05, 4.69) is 0 Å². The predicted molar refractivity (Wildman–Crippen MR) is 64.0 cm³/mol. The predicted octanol–water partition coefficient (Wildman–Crippen LogP) is 3.11. The number of rotatable bonds is 4. The number of hydrogen-bond donors (Lipinski definition) is 1. The van der Waals surface area contributed by atoms with Crippen molar-refractivity contribution in [1.29, 1.82) is 0 Å². The fourth-order valence-electron chi connectivity index (χ4n) is 1.80. The van der Waals surface area contributed by atoms with Crippen LogP contribution in [0.25, 0.3) is 0 Å². The van der Waals surface area contributed by atoms with Gasteiger partial charge in [0.25, 0.3) is 5.91 Å². The van der Waals surface area contributed by atoms with Crippen LogP contribution in [0.2, 0.25) is 0 Å². The first-order valence-electron chi connectivity index (χ1n) is 5.94. The summed E-state index contributed by atoms with van der Waals surface area (Å²) in [6.45, 7) is 0.556. The monoisotopic (exact) mass is 327 g/mol. The number of ketones is 1. The molecule has 0 bridgehead atoms. The van der Waals surface area contributed by atoms with Gasteiger partial charge in [-0.3, -0.25) is 9.59 Å². The molecule has 0 spiro atoms. The molecule has 0 radical (unpaired) electrons. The van der Waals surface area contributed by atoms with E-state index in [4.69, 9.17) is 0 Å². The average Bonchev–Trinajstić information content (AvgIpc) is 2.35. The number of nitrogens with one attached hydrogen (secondary N) is 1. The van der Waals surface area contributed by atoms with Gasteiger partial charge in [-0.25, -0.2) is 0 Å². The van der Waals surface area contributed by atoms with Crippen molar-refractivity contribution in [2.24, 2.45) is 5.92 Å². The number of benzene rings is 1. The Kier molecular flexibility index (Phi) is 5.21. The first kappa shape index (κ1) is 18.0. The van der Waals surface area contributed by atoms with Gasteiger partial charge in [0, 0.05) is 5.56 Å². The van der Waals surface area contributed by atoms with E-state index in [1.54, 1.807) is 0 Å². The molecule has 1 aromatic rings. The molecule has 1 N–H and O–H groups in total. The molecule has 1 unspecified atom stereocenters. The Hall–Kier alpha value is -2.06. The minimum Gasteiger partial charge on any atom is -0.341 e. The van der Waals surface area contributed by atoms with E-state index in [0.717, 1.165) is 0 Å². The van der Waals surface area contributed by atoms with Crippen molar-refractivity contribution in [3.8, 4) is 0 Å². The summed E-state index contributed by atoms with van der Waals surface area (Å²) >= 11 is 0. The molecular weight excluding hydrogens is 316 g/mol. The molecule has 9 heteroatoms. The minimum atomic E-state index is -5.72. The summed E-state index contributed by atoms with van der Waals surface area (Å²) in [4.78, 5) is 23.0. The van der Waals surface area contributed by atoms with Gasteiger partial charge in [0.2, 0.25) is 0 Å². The van der Waals surface area contributed by atoms with E-state index in [1.165, 1.54) is 35.6 Å². The fraction of sp³-hybridized carbons (Fsp3) is 0.385. The van der Waals surface area contributed by atoms with Crippen LogP contribution >= 0.6 is 0 Å². The molecule has 0 heterocycles. The topological polar surface area (TPSA) is 46.2 Å². The Bertz CT molecular complexity index is 524. The van der Waals surface area contributed by atoms with Crippen LogP contribution in [-0.2, 0) is 4.79 Å². The second kappa shape index (κ2) is 6.37. The summed E-state index contributed by atoms with van der Waals surface area (Å²) in [5, 5.41) is 1.52. The van der Waals surface area contributed by atoms with Gasteiger partial charge in [-0.1, -0.05) is 18.2 Å². The Balaban J connectivity index is 3.12. The van der Waals surface area contributed by atoms with Crippen LogP contribution in [0.3, 0.4) is 0 Å². The molecule has 0 aromatic heterocycles. The molecule has 22 heavy (non-hydrogen) atoms. The smallest absolute Gasteiger partial charge is 0.341 e. The van der Waals surface area contributed by atoms with Crippen LogP contribution < -0.4 is 5.32 Å². The van der Waals surface area contributed by atoms with E-state index >= 15 is 0 Å². The third-order valence-corrected chi connectivity index (χ3v) is 2.80. The van der Waals surface area contributed by atoms with Gasteiger partial charge < -0.3 is 5.32 Å². The summed E-state index contributed by atoms with van der Waals surface area (Å²) in [5.74, 6) is -6.60. The molecule has 1 amide bonds. The van der Waals surface area contributed by atoms with E-state index in [0.29, 0.717) is 6.92 Å². The van der Waals surface area contributed by atoms with Crippen molar-refractivity contribution in [2.45, 2.75) is 25.3 Å². The molecule has 0 aliphatic heterocycles. The zero-order valence-electron chi connectivity index (χ0n) is 11.1. The lowest BCUT2D eigenvalue weighted by Crippen LogP contribution is -2.55. The van der Waals surface area contributed by atoms with E-state index in [9.17, 15) is 35.9 Å². The molecular formula is C13H11F6NO2. The number of alkyl halides is 6. The maximum atomic E-state index is 12.7. The first-order chi connectivity index (χ1) is 9.94. The molecule has 0 saturated carbocycles. The van der Waals surface area contributed by atoms with Crippen LogP contribution in [0.4, 0.5) is 26.3 Å². The Morgan fingerprint density at radius 3 is 1.77 bits per heavy atom. The van der Waals surface area contributed by atoms with Crippen LogP contribution in [0.1, 0.15) is 17.3 Å². The molecule has 1 rings (SSSR count). The Labute approximate surface area is 121 Å². The van der Waals surface area contributed by atoms with E-state index < -0.39 is 36.0 Å². The van der Waals surface area contributed by atoms with Crippen molar-refractivity contribution >= 4 is 11.7 Å². The normalized spacial score (nSPS) is 13.8. The van der Waals surface area contributed by atoms with Gasteiger partial charge in [0.05, 0.1) is 0 Å². The van der Waals surface area contributed by atoms with Gasteiger partial charge in [-0.15, -0.1) is 0 Å². The Morgan fingerprint density at radius 2 is 1.41 bits per heavy atom. The number of carbonyl (C=O) groups is 2. The molecule has 3 nitrogen and oxygen atoms in total. The van der Waals surface area contributed by atoms with Crippen LogP contribution in [0.5, 0.6) is 0 Å².